The predicted octanol–water partition coefficient (Wildman–Crippen LogP) is 3.97. The number of aryl methyl sites for hydroxylation is 1. The number of amides is 1. The zero-order valence-electron chi connectivity index (χ0n) is 18.2. The standard InChI is InChI=1S/C25H31F2N3O/c1-19-3-2-4-20(15-19)17-28-11-13-29(14-12-28)23-7-8-25(31)30(10-9-23)18-21-5-6-22(26)16-24(21)27/h2-6,15-16,23H,7-14,17-18H2,1H3/t23-/m1/s1. The maximum atomic E-state index is 14.0. The number of piperazine rings is 1. The number of carbonyl (C=O) groups is 1. The van der Waals surface area contributed by atoms with Gasteiger partial charge in [0, 0.05) is 69.9 Å². The second kappa shape index (κ2) is 9.88. The summed E-state index contributed by atoms with van der Waals surface area (Å²) < 4.78 is 27.2. The number of halogens is 2. The molecule has 2 heterocycles. The second-order valence-electron chi connectivity index (χ2n) is 8.83. The number of carbonyl (C=O) groups excluding carboxylic acids is 1. The summed E-state index contributed by atoms with van der Waals surface area (Å²) in [6, 6.07) is 12.6. The molecule has 1 amide bonds. The van der Waals surface area contributed by atoms with Crippen LogP contribution in [0.2, 0.25) is 0 Å². The minimum atomic E-state index is -0.593. The molecule has 0 spiro atoms. The Morgan fingerprint density at radius 2 is 1.74 bits per heavy atom. The molecule has 2 aliphatic rings. The average molecular weight is 428 g/mol. The van der Waals surface area contributed by atoms with E-state index in [9.17, 15) is 13.6 Å². The van der Waals surface area contributed by atoms with Gasteiger partial charge in [0.2, 0.25) is 5.91 Å². The fourth-order valence-electron chi connectivity index (χ4n) is 4.77. The van der Waals surface area contributed by atoms with Gasteiger partial charge in [-0.2, -0.15) is 0 Å². The summed E-state index contributed by atoms with van der Waals surface area (Å²) in [5.74, 6) is -1.12. The third kappa shape index (κ3) is 5.69. The van der Waals surface area contributed by atoms with Crippen LogP contribution in [0.25, 0.3) is 0 Å². The monoisotopic (exact) mass is 427 g/mol. The normalized spacial score (nSPS) is 21.3. The highest BCUT2D eigenvalue weighted by molar-refractivity contribution is 5.76. The van der Waals surface area contributed by atoms with E-state index in [4.69, 9.17) is 0 Å². The van der Waals surface area contributed by atoms with Crippen LogP contribution in [0.3, 0.4) is 0 Å². The highest BCUT2D eigenvalue weighted by atomic mass is 19.1. The summed E-state index contributed by atoms with van der Waals surface area (Å²) in [6.45, 7) is 8.02. The van der Waals surface area contributed by atoms with E-state index >= 15 is 0 Å². The Bertz CT molecular complexity index is 911. The third-order valence-corrected chi connectivity index (χ3v) is 6.56. The molecule has 2 aromatic rings. The van der Waals surface area contributed by atoms with E-state index in [-0.39, 0.29) is 12.5 Å². The molecule has 166 valence electrons. The SMILES string of the molecule is Cc1cccc(CN2CCN([C@@H]3CCC(=O)N(Cc4ccc(F)cc4F)CC3)CC2)c1. The molecule has 0 aliphatic carbocycles. The second-order valence-corrected chi connectivity index (χ2v) is 8.83. The highest BCUT2D eigenvalue weighted by Gasteiger charge is 2.29. The van der Waals surface area contributed by atoms with Crippen molar-refractivity contribution in [1.82, 2.24) is 14.7 Å². The largest absolute Gasteiger partial charge is 0.338 e. The van der Waals surface area contributed by atoms with E-state index in [0.29, 0.717) is 24.6 Å². The van der Waals surface area contributed by atoms with Gasteiger partial charge < -0.3 is 4.90 Å². The summed E-state index contributed by atoms with van der Waals surface area (Å²) in [7, 11) is 0. The molecule has 0 bridgehead atoms. The topological polar surface area (TPSA) is 26.8 Å². The van der Waals surface area contributed by atoms with Crippen molar-refractivity contribution in [2.75, 3.05) is 32.7 Å². The lowest BCUT2D eigenvalue weighted by Crippen LogP contribution is -2.50. The van der Waals surface area contributed by atoms with Crippen molar-refractivity contribution >= 4 is 5.91 Å². The van der Waals surface area contributed by atoms with Crippen LogP contribution < -0.4 is 0 Å². The molecule has 1 atom stereocenters. The molecule has 2 saturated heterocycles. The zero-order valence-corrected chi connectivity index (χ0v) is 18.2. The number of rotatable bonds is 5. The Kier molecular flexibility index (Phi) is 6.98. The van der Waals surface area contributed by atoms with Gasteiger partial charge in [0.05, 0.1) is 0 Å². The van der Waals surface area contributed by atoms with E-state index < -0.39 is 11.6 Å². The van der Waals surface area contributed by atoms with Gasteiger partial charge in [-0.3, -0.25) is 14.6 Å². The highest BCUT2D eigenvalue weighted by Crippen LogP contribution is 2.22. The van der Waals surface area contributed by atoms with Gasteiger partial charge in [-0.25, -0.2) is 8.78 Å². The minimum absolute atomic E-state index is 0.0595. The molecule has 6 heteroatoms. The fourth-order valence-corrected chi connectivity index (χ4v) is 4.77. The van der Waals surface area contributed by atoms with Gasteiger partial charge in [0.1, 0.15) is 11.6 Å². The van der Waals surface area contributed by atoms with Gasteiger partial charge in [0.25, 0.3) is 0 Å². The number of likely N-dealkylation sites (tertiary alicyclic amines) is 1. The van der Waals surface area contributed by atoms with Crippen molar-refractivity contribution < 1.29 is 13.6 Å². The molecule has 31 heavy (non-hydrogen) atoms. The van der Waals surface area contributed by atoms with Crippen molar-refractivity contribution in [2.24, 2.45) is 0 Å². The van der Waals surface area contributed by atoms with Crippen LogP contribution in [0.4, 0.5) is 8.78 Å². The summed E-state index contributed by atoms with van der Waals surface area (Å²) in [5.41, 5.74) is 3.03. The molecule has 0 radical (unpaired) electrons. The van der Waals surface area contributed by atoms with E-state index in [2.05, 4.69) is 41.0 Å². The van der Waals surface area contributed by atoms with Crippen LogP contribution in [0.15, 0.2) is 42.5 Å². The summed E-state index contributed by atoms with van der Waals surface area (Å²) in [6.07, 6.45) is 2.22. The maximum Gasteiger partial charge on any atom is 0.222 e. The molecular formula is C25H31F2N3O. The van der Waals surface area contributed by atoms with Crippen molar-refractivity contribution in [1.29, 1.82) is 0 Å². The fraction of sp³-hybridized carbons (Fsp3) is 0.480. The quantitative estimate of drug-likeness (QED) is 0.723. The lowest BCUT2D eigenvalue weighted by atomic mass is 10.1. The van der Waals surface area contributed by atoms with Crippen molar-refractivity contribution in [2.45, 2.75) is 45.3 Å². The lowest BCUT2D eigenvalue weighted by Gasteiger charge is -2.39. The molecule has 0 unspecified atom stereocenters. The maximum absolute atomic E-state index is 14.0. The Labute approximate surface area is 183 Å². The van der Waals surface area contributed by atoms with Crippen LogP contribution in [0.1, 0.15) is 36.0 Å². The summed E-state index contributed by atoms with van der Waals surface area (Å²) >= 11 is 0. The number of hydrogen-bond donors (Lipinski definition) is 0. The first-order chi connectivity index (χ1) is 15.0. The van der Waals surface area contributed by atoms with Crippen LogP contribution in [-0.2, 0) is 17.9 Å². The molecule has 0 saturated carbocycles. The van der Waals surface area contributed by atoms with E-state index in [1.807, 2.05) is 0 Å². The van der Waals surface area contributed by atoms with Crippen LogP contribution >= 0.6 is 0 Å². The lowest BCUT2D eigenvalue weighted by molar-refractivity contribution is -0.131. The first kappa shape index (κ1) is 21.9. The van der Waals surface area contributed by atoms with Gasteiger partial charge >= 0.3 is 0 Å². The van der Waals surface area contributed by atoms with Gasteiger partial charge in [-0.15, -0.1) is 0 Å². The van der Waals surface area contributed by atoms with Crippen molar-refractivity contribution in [3.63, 3.8) is 0 Å². The molecule has 2 fully saturated rings. The molecule has 2 aliphatic heterocycles. The molecule has 0 aromatic heterocycles. The van der Waals surface area contributed by atoms with Crippen LogP contribution in [0.5, 0.6) is 0 Å². The smallest absolute Gasteiger partial charge is 0.222 e. The molecule has 0 N–H and O–H groups in total. The minimum Gasteiger partial charge on any atom is -0.338 e. The number of nitrogens with zero attached hydrogens (tertiary/aromatic N) is 3. The average Bonchev–Trinajstić information content (AvgIpc) is 2.92. The molecular weight excluding hydrogens is 396 g/mol. The Balaban J connectivity index is 1.29. The number of hydrogen-bond acceptors (Lipinski definition) is 3. The van der Waals surface area contributed by atoms with Gasteiger partial charge in [-0.1, -0.05) is 35.9 Å². The van der Waals surface area contributed by atoms with Crippen LogP contribution in [0, 0.1) is 18.6 Å². The van der Waals surface area contributed by atoms with Crippen molar-refractivity contribution in [3.8, 4) is 0 Å². The number of benzene rings is 2. The summed E-state index contributed by atoms with van der Waals surface area (Å²) in [5, 5.41) is 0. The third-order valence-electron chi connectivity index (χ3n) is 6.56. The molecule has 4 rings (SSSR count). The van der Waals surface area contributed by atoms with Gasteiger partial charge in [-0.05, 0) is 31.4 Å². The zero-order chi connectivity index (χ0) is 21.8. The van der Waals surface area contributed by atoms with Gasteiger partial charge in [0.15, 0.2) is 0 Å². The van der Waals surface area contributed by atoms with E-state index in [0.717, 1.165) is 51.6 Å². The molecule has 2 aromatic carbocycles. The predicted molar refractivity (Wildman–Crippen MR) is 117 cm³/mol. The van der Waals surface area contributed by atoms with Crippen LogP contribution in [-0.4, -0.2) is 59.4 Å². The van der Waals surface area contributed by atoms with Crippen molar-refractivity contribution in [3.05, 3.63) is 70.8 Å². The Morgan fingerprint density at radius 3 is 2.48 bits per heavy atom. The first-order valence-electron chi connectivity index (χ1n) is 11.2. The van der Waals surface area contributed by atoms with E-state index in [1.165, 1.54) is 23.3 Å². The first-order valence-corrected chi connectivity index (χ1v) is 11.2. The van der Waals surface area contributed by atoms with E-state index in [1.54, 1.807) is 4.90 Å². The Morgan fingerprint density at radius 1 is 0.935 bits per heavy atom. The summed E-state index contributed by atoms with van der Waals surface area (Å²) in [4.78, 5) is 19.3. The molecule has 4 nitrogen and oxygen atoms in total. The Hall–Kier alpha value is -2.31.